The molecule has 0 atom stereocenters. The van der Waals surface area contributed by atoms with Gasteiger partial charge in [0.2, 0.25) is 0 Å². The average molecular weight is 318 g/mol. The van der Waals surface area contributed by atoms with Crippen LogP contribution in [-0.2, 0) is 13.1 Å². The molecule has 2 aromatic carbocycles. The van der Waals surface area contributed by atoms with Gasteiger partial charge in [-0.2, -0.15) is 0 Å². The van der Waals surface area contributed by atoms with Gasteiger partial charge in [0.25, 0.3) is 0 Å². The van der Waals surface area contributed by atoms with E-state index in [0.717, 1.165) is 13.1 Å². The van der Waals surface area contributed by atoms with E-state index in [1.54, 1.807) is 7.02 Å². The van der Waals surface area contributed by atoms with E-state index in [-0.39, 0.29) is 0 Å². The first-order chi connectivity index (χ1) is 7.93. The quantitative estimate of drug-likeness (QED) is 0.705. The van der Waals surface area contributed by atoms with E-state index in [1.165, 1.54) is 11.1 Å². The summed E-state index contributed by atoms with van der Waals surface area (Å²) < 4.78 is 3.23. The van der Waals surface area contributed by atoms with Crippen molar-refractivity contribution in [1.29, 1.82) is 0 Å². The first kappa shape index (κ1) is 10.4. The molecule has 1 aliphatic heterocycles. The Morgan fingerprint density at radius 2 is 1.25 bits per heavy atom. The molecule has 0 fully saturated rings. The Morgan fingerprint density at radius 1 is 0.750 bits per heavy atom. The average Bonchev–Trinajstić information content (AvgIpc) is 2.29. The Morgan fingerprint density at radius 3 is 1.81 bits per heavy atom. The van der Waals surface area contributed by atoms with Crippen LogP contribution in [0, 0.1) is 0 Å². The van der Waals surface area contributed by atoms with E-state index in [9.17, 15) is 0 Å². The van der Waals surface area contributed by atoms with Gasteiger partial charge in [-0.25, -0.2) is 0 Å². The number of benzene rings is 2. The van der Waals surface area contributed by atoms with Crippen LogP contribution in [0.15, 0.2) is 48.5 Å². The van der Waals surface area contributed by atoms with Crippen molar-refractivity contribution in [3.05, 3.63) is 59.7 Å². The van der Waals surface area contributed by atoms with Crippen LogP contribution < -0.4 is 12.3 Å². The van der Waals surface area contributed by atoms with E-state index in [0.29, 0.717) is 0 Å². The van der Waals surface area contributed by atoms with E-state index in [2.05, 4.69) is 53.8 Å². The van der Waals surface area contributed by atoms with Gasteiger partial charge in [-0.05, 0) is 0 Å². The molecule has 1 nitrogen and oxygen atoms in total. The van der Waals surface area contributed by atoms with Gasteiger partial charge >= 0.3 is 107 Å². The van der Waals surface area contributed by atoms with E-state index in [1.807, 2.05) is 0 Å². The molecule has 0 unspecified atom stereocenters. The summed E-state index contributed by atoms with van der Waals surface area (Å²) in [7, 11) is 0. The molecule has 3 rings (SSSR count). The second-order valence-electron chi connectivity index (χ2n) is 4.04. The number of nitrogens with one attached hydrogen (secondary N) is 1. The van der Waals surface area contributed by atoms with Gasteiger partial charge in [0.05, 0.1) is 0 Å². The molecule has 0 bridgehead atoms. The second kappa shape index (κ2) is 4.61. The molecule has 0 radical (unpaired) electrons. The van der Waals surface area contributed by atoms with Crippen LogP contribution >= 0.6 is 0 Å². The van der Waals surface area contributed by atoms with E-state index < -0.39 is 21.6 Å². The molecular formula is C14H14NSb. The molecule has 0 aromatic heterocycles. The summed E-state index contributed by atoms with van der Waals surface area (Å²) in [6.07, 6.45) is 0. The SMILES string of the molecule is c1cc[c]2c(c1)CNCc1cccc[c]1[SbH]2. The summed E-state index contributed by atoms with van der Waals surface area (Å²) >= 11 is -0.595. The Hall–Kier alpha value is -0.782. The Balaban J connectivity index is 2.06. The molecule has 0 saturated carbocycles. The Labute approximate surface area is 106 Å². The number of hydrogen-bond acceptors (Lipinski definition) is 1. The van der Waals surface area contributed by atoms with Gasteiger partial charge in [-0.3, -0.25) is 0 Å². The van der Waals surface area contributed by atoms with Crippen LogP contribution in [0.2, 0.25) is 0 Å². The van der Waals surface area contributed by atoms with Crippen molar-refractivity contribution < 1.29 is 0 Å². The summed E-state index contributed by atoms with van der Waals surface area (Å²) in [6.45, 7) is 2.04. The van der Waals surface area contributed by atoms with Crippen molar-refractivity contribution in [2.45, 2.75) is 13.1 Å². The molecule has 0 saturated heterocycles. The minimum absolute atomic E-state index is 0.595. The van der Waals surface area contributed by atoms with Gasteiger partial charge in [-0.1, -0.05) is 0 Å². The molecule has 16 heavy (non-hydrogen) atoms. The van der Waals surface area contributed by atoms with Crippen molar-refractivity contribution in [3.63, 3.8) is 0 Å². The third kappa shape index (κ3) is 2.02. The first-order valence-corrected chi connectivity index (χ1v) is 8.42. The van der Waals surface area contributed by atoms with Crippen molar-refractivity contribution in [3.8, 4) is 0 Å². The fourth-order valence-corrected chi connectivity index (χ4v) is 5.82. The zero-order valence-corrected chi connectivity index (χ0v) is 11.9. The van der Waals surface area contributed by atoms with Gasteiger partial charge in [-0.15, -0.1) is 0 Å². The zero-order valence-electron chi connectivity index (χ0n) is 9.03. The predicted molar refractivity (Wildman–Crippen MR) is 69.8 cm³/mol. The standard InChI is InChI=1S/C14H13N.Sb.H/c1-3-7-13(8-4-1)11-15-12-14-9-5-2-6-10-14;;/h1-7,9,15H,11-12H2;;. The number of fused-ring (bicyclic) bond motifs is 2. The summed E-state index contributed by atoms with van der Waals surface area (Å²) in [5.74, 6) is 0. The van der Waals surface area contributed by atoms with Crippen molar-refractivity contribution >= 4 is 28.6 Å². The van der Waals surface area contributed by atoms with Gasteiger partial charge in [0.15, 0.2) is 0 Å². The van der Waals surface area contributed by atoms with Crippen LogP contribution in [0.4, 0.5) is 0 Å². The molecule has 0 aliphatic carbocycles. The van der Waals surface area contributed by atoms with Gasteiger partial charge in [0, 0.05) is 0 Å². The van der Waals surface area contributed by atoms with Crippen LogP contribution in [0.5, 0.6) is 0 Å². The van der Waals surface area contributed by atoms with Crippen LogP contribution in [-0.4, -0.2) is 21.6 Å². The molecule has 1 N–H and O–H groups in total. The van der Waals surface area contributed by atoms with E-state index >= 15 is 0 Å². The zero-order chi connectivity index (χ0) is 10.8. The van der Waals surface area contributed by atoms with Gasteiger partial charge in [0.1, 0.15) is 0 Å². The number of hydrogen-bond donors (Lipinski definition) is 1. The molecule has 0 amide bonds. The van der Waals surface area contributed by atoms with Crippen molar-refractivity contribution in [2.75, 3.05) is 0 Å². The molecular weight excluding hydrogens is 304 g/mol. The maximum absolute atomic E-state index is 3.53. The molecule has 2 heteroatoms. The van der Waals surface area contributed by atoms with Crippen LogP contribution in [0.1, 0.15) is 11.1 Å². The molecule has 0 spiro atoms. The van der Waals surface area contributed by atoms with E-state index in [4.69, 9.17) is 0 Å². The second-order valence-corrected chi connectivity index (χ2v) is 7.83. The predicted octanol–water partition coefficient (Wildman–Crippen LogP) is 0.677. The number of rotatable bonds is 0. The Bertz CT molecular complexity index is 462. The monoisotopic (exact) mass is 317 g/mol. The van der Waals surface area contributed by atoms with Crippen LogP contribution in [0.25, 0.3) is 0 Å². The van der Waals surface area contributed by atoms with Crippen molar-refractivity contribution in [2.24, 2.45) is 0 Å². The first-order valence-electron chi connectivity index (χ1n) is 5.57. The maximum atomic E-state index is 3.53. The fraction of sp³-hybridized carbons (Fsp3) is 0.143. The third-order valence-corrected chi connectivity index (χ3v) is 7.26. The molecule has 2 aromatic rings. The fourth-order valence-electron chi connectivity index (χ4n) is 2.07. The van der Waals surface area contributed by atoms with Crippen LogP contribution in [0.3, 0.4) is 0 Å². The van der Waals surface area contributed by atoms with Crippen molar-refractivity contribution in [1.82, 2.24) is 5.32 Å². The topological polar surface area (TPSA) is 12.0 Å². The third-order valence-electron chi connectivity index (χ3n) is 2.93. The molecule has 1 heterocycles. The summed E-state index contributed by atoms with van der Waals surface area (Å²) in [6, 6.07) is 17.8. The Kier molecular flexibility index (Phi) is 2.99. The minimum atomic E-state index is -0.595. The summed E-state index contributed by atoms with van der Waals surface area (Å²) in [4.78, 5) is 0. The summed E-state index contributed by atoms with van der Waals surface area (Å²) in [5, 5.41) is 3.53. The normalized spacial score (nSPS) is 14.5. The molecule has 80 valence electrons. The van der Waals surface area contributed by atoms with Gasteiger partial charge < -0.3 is 0 Å². The molecule has 1 aliphatic rings. The summed E-state index contributed by atoms with van der Waals surface area (Å²) in [5.41, 5.74) is 3.01.